The lowest BCUT2D eigenvalue weighted by Gasteiger charge is -2.62. The van der Waals surface area contributed by atoms with Gasteiger partial charge < -0.3 is 5.11 Å². The molecule has 3 unspecified atom stereocenters. The fourth-order valence-corrected chi connectivity index (χ4v) is 7.02. The van der Waals surface area contributed by atoms with E-state index < -0.39 is 0 Å². The molecule has 0 radical (unpaired) electrons. The quantitative estimate of drug-likeness (QED) is 0.848. The molecule has 3 aliphatic carbocycles. The van der Waals surface area contributed by atoms with Crippen molar-refractivity contribution in [2.75, 3.05) is 13.1 Å². The number of phenolic OH excluding ortho intramolecular Hbond substituents is 1. The molecule has 4 atom stereocenters. The van der Waals surface area contributed by atoms with E-state index in [2.05, 4.69) is 24.0 Å². The van der Waals surface area contributed by atoms with Crippen molar-refractivity contribution in [3.8, 4) is 5.75 Å². The van der Waals surface area contributed by atoms with Gasteiger partial charge in [-0.2, -0.15) is 0 Å². The maximum atomic E-state index is 10.2. The summed E-state index contributed by atoms with van der Waals surface area (Å²) in [6, 6.07) is 7.04. The smallest absolute Gasteiger partial charge is 0.115 e. The lowest BCUT2D eigenvalue weighted by atomic mass is 9.49. The van der Waals surface area contributed by atoms with E-state index in [1.807, 2.05) is 6.07 Å². The first-order valence-corrected chi connectivity index (χ1v) is 10.8. The molecule has 4 aliphatic rings. The van der Waals surface area contributed by atoms with E-state index in [4.69, 9.17) is 0 Å². The molecule has 0 amide bonds. The number of phenols is 1. The number of benzene rings is 1. The highest BCUT2D eigenvalue weighted by Gasteiger charge is 2.56. The van der Waals surface area contributed by atoms with Crippen LogP contribution in [0.15, 0.2) is 18.2 Å². The summed E-state index contributed by atoms with van der Waals surface area (Å²) in [6.45, 7) is 5.04. The van der Waals surface area contributed by atoms with E-state index in [0.717, 1.165) is 23.8 Å². The maximum Gasteiger partial charge on any atom is 0.115 e. The van der Waals surface area contributed by atoms with Crippen molar-refractivity contribution in [3.05, 3.63) is 29.3 Å². The van der Waals surface area contributed by atoms with E-state index in [0.29, 0.717) is 11.2 Å². The van der Waals surface area contributed by atoms with Gasteiger partial charge in [-0.1, -0.05) is 38.7 Å². The number of nitrogens with zero attached hydrogens (tertiary/aromatic N) is 1. The number of rotatable bonds is 3. The van der Waals surface area contributed by atoms with Gasteiger partial charge in [0.05, 0.1) is 0 Å². The molecule has 5 rings (SSSR count). The molecule has 2 bridgehead atoms. The summed E-state index contributed by atoms with van der Waals surface area (Å²) in [7, 11) is 0. The zero-order valence-electron chi connectivity index (χ0n) is 15.7. The van der Waals surface area contributed by atoms with Crippen LogP contribution in [0.1, 0.15) is 69.4 Å². The lowest BCUT2D eigenvalue weighted by Crippen LogP contribution is -2.63. The molecule has 2 heteroatoms. The summed E-state index contributed by atoms with van der Waals surface area (Å²) < 4.78 is 0. The Morgan fingerprint density at radius 3 is 2.80 bits per heavy atom. The van der Waals surface area contributed by atoms with Crippen LogP contribution in [0.25, 0.3) is 0 Å². The minimum Gasteiger partial charge on any atom is -0.508 e. The van der Waals surface area contributed by atoms with Crippen molar-refractivity contribution in [1.29, 1.82) is 0 Å². The molecule has 1 N–H and O–H groups in total. The van der Waals surface area contributed by atoms with Gasteiger partial charge in [0, 0.05) is 18.0 Å². The highest BCUT2D eigenvalue weighted by Crippen LogP contribution is 2.58. The van der Waals surface area contributed by atoms with Gasteiger partial charge >= 0.3 is 0 Å². The average molecular weight is 340 g/mol. The Bertz CT molecular complexity index is 651. The van der Waals surface area contributed by atoms with Crippen LogP contribution < -0.4 is 0 Å². The van der Waals surface area contributed by atoms with Crippen molar-refractivity contribution >= 4 is 0 Å². The molecule has 2 nitrogen and oxygen atoms in total. The van der Waals surface area contributed by atoms with Gasteiger partial charge in [0.15, 0.2) is 0 Å². The van der Waals surface area contributed by atoms with Gasteiger partial charge in [-0.15, -0.1) is 0 Å². The summed E-state index contributed by atoms with van der Waals surface area (Å²) in [5, 5.41) is 10.2. The van der Waals surface area contributed by atoms with Crippen molar-refractivity contribution in [2.45, 2.75) is 76.2 Å². The summed E-state index contributed by atoms with van der Waals surface area (Å²) in [4.78, 5) is 2.90. The molecule has 1 saturated heterocycles. The number of likely N-dealkylation sites (tertiary alicyclic amines) is 1. The van der Waals surface area contributed by atoms with Crippen molar-refractivity contribution in [1.82, 2.24) is 4.90 Å². The Morgan fingerprint density at radius 1 is 1.16 bits per heavy atom. The summed E-state index contributed by atoms with van der Waals surface area (Å²) in [6.07, 6.45) is 12.4. The van der Waals surface area contributed by atoms with E-state index in [1.54, 1.807) is 0 Å². The molecule has 1 heterocycles. The second-order valence-electron chi connectivity index (χ2n) is 9.40. The van der Waals surface area contributed by atoms with Gasteiger partial charge in [0.1, 0.15) is 5.75 Å². The predicted molar refractivity (Wildman–Crippen MR) is 102 cm³/mol. The van der Waals surface area contributed by atoms with Gasteiger partial charge in [-0.25, -0.2) is 0 Å². The van der Waals surface area contributed by atoms with E-state index >= 15 is 0 Å². The number of fused-ring (bicyclic) bond motifs is 1. The Hall–Kier alpha value is -1.02. The molecular weight excluding hydrogens is 306 g/mol. The molecule has 0 aromatic heterocycles. The largest absolute Gasteiger partial charge is 0.508 e. The second-order valence-corrected chi connectivity index (χ2v) is 9.40. The normalized spacial score (nSPS) is 37.9. The lowest BCUT2D eigenvalue weighted by molar-refractivity contribution is -0.0540. The standard InChI is InChI=1S/C23H33NO/c1-2-17-7-4-10-23-11-12-24(15-16-5-3-6-16)21(22(17)23)13-18-8-9-19(25)14-20(18)23/h8-9,14,16-17,21-22,25H,2-7,10-13,15H2,1H3/t17?,21?,22-,23?/m0/s1. The molecule has 25 heavy (non-hydrogen) atoms. The van der Waals surface area contributed by atoms with Crippen LogP contribution >= 0.6 is 0 Å². The van der Waals surface area contributed by atoms with Crippen molar-refractivity contribution < 1.29 is 5.11 Å². The third-order valence-corrected chi connectivity index (χ3v) is 8.37. The first-order chi connectivity index (χ1) is 12.2. The van der Waals surface area contributed by atoms with Gasteiger partial charge in [0.25, 0.3) is 0 Å². The molecule has 136 valence electrons. The second kappa shape index (κ2) is 6.01. The third kappa shape index (κ3) is 2.40. The van der Waals surface area contributed by atoms with E-state index in [1.165, 1.54) is 82.0 Å². The average Bonchev–Trinajstić information content (AvgIpc) is 2.59. The Morgan fingerprint density at radius 2 is 2.04 bits per heavy atom. The molecular formula is C23H33NO. The summed E-state index contributed by atoms with van der Waals surface area (Å²) in [5.41, 5.74) is 3.41. The van der Waals surface area contributed by atoms with Gasteiger partial charge in [-0.05, 0) is 79.7 Å². The van der Waals surface area contributed by atoms with Crippen LogP contribution in [0.3, 0.4) is 0 Å². The van der Waals surface area contributed by atoms with Crippen LogP contribution in [0.2, 0.25) is 0 Å². The van der Waals surface area contributed by atoms with Crippen LogP contribution in [-0.4, -0.2) is 29.1 Å². The number of hydrogen-bond donors (Lipinski definition) is 1. The van der Waals surface area contributed by atoms with Crippen molar-refractivity contribution in [3.63, 3.8) is 0 Å². The molecule has 0 spiro atoms. The molecule has 1 aromatic carbocycles. The summed E-state index contributed by atoms with van der Waals surface area (Å²) in [5.74, 6) is 3.13. The zero-order valence-corrected chi connectivity index (χ0v) is 15.7. The highest BCUT2D eigenvalue weighted by atomic mass is 16.3. The highest BCUT2D eigenvalue weighted by molar-refractivity contribution is 5.45. The van der Waals surface area contributed by atoms with Crippen LogP contribution in [0.5, 0.6) is 5.75 Å². The molecule has 1 aromatic rings. The molecule has 1 aliphatic heterocycles. The maximum absolute atomic E-state index is 10.2. The van der Waals surface area contributed by atoms with Crippen LogP contribution in [0.4, 0.5) is 0 Å². The van der Waals surface area contributed by atoms with E-state index in [9.17, 15) is 5.11 Å². The fourth-order valence-electron chi connectivity index (χ4n) is 7.02. The number of piperidine rings is 1. The Labute approximate surface area is 152 Å². The molecule has 2 saturated carbocycles. The van der Waals surface area contributed by atoms with Gasteiger partial charge in [0.2, 0.25) is 0 Å². The minimum atomic E-state index is 0.353. The zero-order chi connectivity index (χ0) is 17.0. The third-order valence-electron chi connectivity index (χ3n) is 8.37. The fraction of sp³-hybridized carbons (Fsp3) is 0.739. The monoisotopic (exact) mass is 339 g/mol. The Balaban J connectivity index is 1.57. The van der Waals surface area contributed by atoms with Crippen molar-refractivity contribution in [2.24, 2.45) is 17.8 Å². The van der Waals surface area contributed by atoms with Crippen LogP contribution in [0, 0.1) is 17.8 Å². The SMILES string of the molecule is CCC1CCCC23CCN(CC4CCC4)C(Cc4ccc(O)cc42)[C@H]13. The van der Waals surface area contributed by atoms with Gasteiger partial charge in [-0.3, -0.25) is 4.90 Å². The Kier molecular flexibility index (Phi) is 3.89. The molecule has 3 fully saturated rings. The van der Waals surface area contributed by atoms with E-state index in [-0.39, 0.29) is 0 Å². The first kappa shape index (κ1) is 16.2. The van der Waals surface area contributed by atoms with Crippen LogP contribution in [-0.2, 0) is 11.8 Å². The number of hydrogen-bond acceptors (Lipinski definition) is 2. The first-order valence-electron chi connectivity index (χ1n) is 10.8. The minimum absolute atomic E-state index is 0.353. The topological polar surface area (TPSA) is 23.5 Å². The number of aromatic hydroxyl groups is 1. The predicted octanol–water partition coefficient (Wildman–Crippen LogP) is 4.89. The summed E-state index contributed by atoms with van der Waals surface area (Å²) >= 11 is 0.